The van der Waals surface area contributed by atoms with Crippen LogP contribution in [0.4, 0.5) is 8.78 Å². The second kappa shape index (κ2) is 6.43. The maximum Gasteiger partial charge on any atom is 0.330 e. The molecule has 0 fully saturated rings. The molecular formula is C14H17F2NO2. The summed E-state index contributed by atoms with van der Waals surface area (Å²) < 4.78 is 32.1. The predicted octanol–water partition coefficient (Wildman–Crippen LogP) is 2.52. The molecule has 1 unspecified atom stereocenters. The van der Waals surface area contributed by atoms with Crippen LogP contribution in [0.1, 0.15) is 19.4 Å². The fraction of sp³-hybridized carbons (Fsp3) is 0.357. The van der Waals surface area contributed by atoms with Crippen molar-refractivity contribution in [3.05, 3.63) is 48.1 Å². The number of esters is 1. The number of benzene rings is 1. The quantitative estimate of drug-likeness (QED) is 0.637. The van der Waals surface area contributed by atoms with Crippen molar-refractivity contribution in [3.63, 3.8) is 0 Å². The van der Waals surface area contributed by atoms with Crippen molar-refractivity contribution in [2.45, 2.75) is 19.4 Å². The van der Waals surface area contributed by atoms with E-state index in [-0.39, 0.29) is 18.7 Å². The molecule has 0 aliphatic rings. The number of ether oxygens (including phenoxy) is 1. The zero-order valence-electron chi connectivity index (χ0n) is 11.0. The van der Waals surface area contributed by atoms with Crippen LogP contribution in [-0.2, 0) is 15.1 Å². The molecule has 0 aliphatic heterocycles. The first kappa shape index (κ1) is 15.3. The van der Waals surface area contributed by atoms with Gasteiger partial charge in [-0.2, -0.15) is 0 Å². The Bertz CT molecular complexity index is 477. The molecule has 1 aromatic carbocycles. The van der Waals surface area contributed by atoms with Crippen LogP contribution >= 0.6 is 0 Å². The molecule has 1 N–H and O–H groups in total. The van der Waals surface area contributed by atoms with Gasteiger partial charge in [0.2, 0.25) is 0 Å². The van der Waals surface area contributed by atoms with Crippen LogP contribution in [0.2, 0.25) is 0 Å². The summed E-state index contributed by atoms with van der Waals surface area (Å²) >= 11 is 0. The SMILES string of the molecule is C=CCNC(C)(C(=O)OCC)c1cccc(F)c1F. The summed E-state index contributed by atoms with van der Waals surface area (Å²) in [5, 5.41) is 2.82. The molecule has 0 aliphatic carbocycles. The average Bonchev–Trinajstić information content (AvgIpc) is 2.39. The summed E-state index contributed by atoms with van der Waals surface area (Å²) in [6, 6.07) is 3.70. The van der Waals surface area contributed by atoms with E-state index in [9.17, 15) is 13.6 Å². The third kappa shape index (κ3) is 3.17. The first-order valence-electron chi connectivity index (χ1n) is 5.95. The van der Waals surface area contributed by atoms with Crippen molar-refractivity contribution in [3.8, 4) is 0 Å². The number of nitrogens with one attached hydrogen (secondary N) is 1. The maximum atomic E-state index is 13.9. The normalized spacial score (nSPS) is 13.7. The molecule has 0 amide bonds. The van der Waals surface area contributed by atoms with Crippen LogP contribution in [0.3, 0.4) is 0 Å². The van der Waals surface area contributed by atoms with Crippen LogP contribution < -0.4 is 5.32 Å². The van der Waals surface area contributed by atoms with E-state index in [0.29, 0.717) is 0 Å². The number of hydrogen-bond donors (Lipinski definition) is 1. The zero-order valence-corrected chi connectivity index (χ0v) is 11.0. The van der Waals surface area contributed by atoms with Crippen LogP contribution in [-0.4, -0.2) is 19.1 Å². The topological polar surface area (TPSA) is 38.3 Å². The van der Waals surface area contributed by atoms with Gasteiger partial charge in [-0.25, -0.2) is 13.6 Å². The van der Waals surface area contributed by atoms with E-state index in [1.807, 2.05) is 0 Å². The summed E-state index contributed by atoms with van der Waals surface area (Å²) in [5.74, 6) is -2.73. The van der Waals surface area contributed by atoms with Gasteiger partial charge in [0.25, 0.3) is 0 Å². The number of hydrogen-bond acceptors (Lipinski definition) is 3. The number of carbonyl (C=O) groups is 1. The van der Waals surface area contributed by atoms with E-state index in [2.05, 4.69) is 11.9 Å². The Hall–Kier alpha value is -1.75. The average molecular weight is 269 g/mol. The lowest BCUT2D eigenvalue weighted by Gasteiger charge is -2.29. The van der Waals surface area contributed by atoms with Crippen LogP contribution in [0.15, 0.2) is 30.9 Å². The van der Waals surface area contributed by atoms with Crippen molar-refractivity contribution >= 4 is 5.97 Å². The van der Waals surface area contributed by atoms with Crippen molar-refractivity contribution in [2.24, 2.45) is 0 Å². The number of rotatable bonds is 6. The van der Waals surface area contributed by atoms with E-state index in [0.717, 1.165) is 6.07 Å². The molecule has 3 nitrogen and oxygen atoms in total. The second-order valence-corrected chi connectivity index (χ2v) is 4.12. The number of halogens is 2. The molecule has 0 saturated carbocycles. The van der Waals surface area contributed by atoms with Gasteiger partial charge in [0.05, 0.1) is 6.61 Å². The van der Waals surface area contributed by atoms with Gasteiger partial charge < -0.3 is 4.74 Å². The van der Waals surface area contributed by atoms with Crippen LogP contribution in [0.25, 0.3) is 0 Å². The zero-order chi connectivity index (χ0) is 14.5. The highest BCUT2D eigenvalue weighted by Crippen LogP contribution is 2.26. The molecule has 0 spiro atoms. The minimum atomic E-state index is -1.46. The molecule has 0 aromatic heterocycles. The van der Waals surface area contributed by atoms with Gasteiger partial charge in [0.1, 0.15) is 5.54 Å². The Morgan fingerprint density at radius 3 is 2.79 bits per heavy atom. The summed E-state index contributed by atoms with van der Waals surface area (Å²) in [5.41, 5.74) is -1.55. The monoisotopic (exact) mass is 269 g/mol. The van der Waals surface area contributed by atoms with E-state index in [1.165, 1.54) is 25.1 Å². The second-order valence-electron chi connectivity index (χ2n) is 4.12. The number of carbonyl (C=O) groups excluding carboxylic acids is 1. The predicted molar refractivity (Wildman–Crippen MR) is 68.5 cm³/mol. The molecule has 19 heavy (non-hydrogen) atoms. The highest BCUT2D eigenvalue weighted by molar-refractivity contribution is 5.82. The summed E-state index contributed by atoms with van der Waals surface area (Å²) in [6.07, 6.45) is 1.52. The summed E-state index contributed by atoms with van der Waals surface area (Å²) in [6.45, 7) is 7.03. The van der Waals surface area contributed by atoms with Crippen molar-refractivity contribution in [2.75, 3.05) is 13.2 Å². The fourth-order valence-electron chi connectivity index (χ4n) is 1.72. The Morgan fingerprint density at radius 1 is 1.53 bits per heavy atom. The molecule has 1 rings (SSSR count). The van der Waals surface area contributed by atoms with E-state index < -0.39 is 23.1 Å². The van der Waals surface area contributed by atoms with Crippen molar-refractivity contribution < 1.29 is 18.3 Å². The van der Waals surface area contributed by atoms with Gasteiger partial charge in [-0.05, 0) is 19.9 Å². The summed E-state index contributed by atoms with van der Waals surface area (Å²) in [4.78, 5) is 12.0. The Morgan fingerprint density at radius 2 is 2.21 bits per heavy atom. The minimum absolute atomic E-state index is 0.0900. The third-order valence-corrected chi connectivity index (χ3v) is 2.77. The standard InChI is InChI=1S/C14H17F2NO2/c1-4-9-17-14(3,13(18)19-5-2)10-7-6-8-11(15)12(10)16/h4,6-8,17H,1,5,9H2,2-3H3. The lowest BCUT2D eigenvalue weighted by Crippen LogP contribution is -2.48. The first-order chi connectivity index (χ1) is 8.97. The van der Waals surface area contributed by atoms with Gasteiger partial charge in [0, 0.05) is 12.1 Å². The third-order valence-electron chi connectivity index (χ3n) is 2.77. The molecule has 5 heteroatoms. The van der Waals surface area contributed by atoms with Gasteiger partial charge in [0.15, 0.2) is 11.6 Å². The summed E-state index contributed by atoms with van der Waals surface area (Å²) in [7, 11) is 0. The van der Waals surface area contributed by atoms with E-state index in [1.54, 1.807) is 6.92 Å². The Balaban J connectivity index is 3.25. The van der Waals surface area contributed by atoms with Crippen molar-refractivity contribution in [1.82, 2.24) is 5.32 Å². The molecule has 1 atom stereocenters. The van der Waals surface area contributed by atoms with Gasteiger partial charge >= 0.3 is 5.97 Å². The molecule has 0 heterocycles. The largest absolute Gasteiger partial charge is 0.464 e. The molecule has 104 valence electrons. The molecule has 0 bridgehead atoms. The van der Waals surface area contributed by atoms with Gasteiger partial charge in [-0.3, -0.25) is 5.32 Å². The van der Waals surface area contributed by atoms with Gasteiger partial charge in [-0.15, -0.1) is 6.58 Å². The van der Waals surface area contributed by atoms with Crippen LogP contribution in [0, 0.1) is 11.6 Å². The molecule has 0 radical (unpaired) electrons. The highest BCUT2D eigenvalue weighted by Gasteiger charge is 2.39. The highest BCUT2D eigenvalue weighted by atomic mass is 19.2. The lowest BCUT2D eigenvalue weighted by molar-refractivity contribution is -0.151. The first-order valence-corrected chi connectivity index (χ1v) is 5.95. The Kier molecular flexibility index (Phi) is 5.18. The van der Waals surface area contributed by atoms with E-state index in [4.69, 9.17) is 4.74 Å². The minimum Gasteiger partial charge on any atom is -0.464 e. The Labute approximate surface area is 111 Å². The van der Waals surface area contributed by atoms with Crippen molar-refractivity contribution in [1.29, 1.82) is 0 Å². The molecule has 0 saturated heterocycles. The smallest absolute Gasteiger partial charge is 0.330 e. The van der Waals surface area contributed by atoms with E-state index >= 15 is 0 Å². The lowest BCUT2D eigenvalue weighted by atomic mass is 9.91. The molecular weight excluding hydrogens is 252 g/mol. The van der Waals surface area contributed by atoms with Gasteiger partial charge in [-0.1, -0.05) is 18.2 Å². The fourth-order valence-corrected chi connectivity index (χ4v) is 1.72. The molecule has 1 aromatic rings. The maximum absolute atomic E-state index is 13.9. The van der Waals surface area contributed by atoms with Crippen LogP contribution in [0.5, 0.6) is 0 Å².